The second-order valence-electron chi connectivity index (χ2n) is 4.01. The predicted octanol–water partition coefficient (Wildman–Crippen LogP) is 0.470. The van der Waals surface area contributed by atoms with Crippen LogP contribution in [0.3, 0.4) is 0 Å². The summed E-state index contributed by atoms with van der Waals surface area (Å²) >= 11 is 0. The van der Waals surface area contributed by atoms with Crippen LogP contribution in [0.5, 0.6) is 0 Å². The van der Waals surface area contributed by atoms with Crippen LogP contribution in [0.15, 0.2) is 0 Å². The zero-order chi connectivity index (χ0) is 10.9. The highest BCUT2D eigenvalue weighted by molar-refractivity contribution is 5.70. The molecule has 2 fully saturated rings. The molecule has 5 nitrogen and oxygen atoms in total. The summed E-state index contributed by atoms with van der Waals surface area (Å²) in [6.07, 6.45) is 1.72. The fourth-order valence-corrected chi connectivity index (χ4v) is 2.20. The van der Waals surface area contributed by atoms with Crippen LogP contribution in [0.25, 0.3) is 0 Å². The lowest BCUT2D eigenvalue weighted by Crippen LogP contribution is -2.42. The molecule has 0 aromatic carbocycles. The van der Waals surface area contributed by atoms with Gasteiger partial charge in [-0.2, -0.15) is 0 Å². The number of hydrogen-bond donors (Lipinski definition) is 0. The average molecular weight is 216 g/mol. The Morgan fingerprint density at radius 1 is 1.53 bits per heavy atom. The third kappa shape index (κ3) is 2.14. The van der Waals surface area contributed by atoms with Crippen molar-refractivity contribution in [1.82, 2.24) is 0 Å². The van der Waals surface area contributed by atoms with Gasteiger partial charge in [0.1, 0.15) is 0 Å². The number of methoxy groups -OCH3 is 2. The maximum Gasteiger partial charge on any atom is 0.310 e. The maximum absolute atomic E-state index is 11.2. The van der Waals surface area contributed by atoms with Crippen molar-refractivity contribution in [3.63, 3.8) is 0 Å². The largest absolute Gasteiger partial charge is 0.469 e. The first kappa shape index (κ1) is 10.9. The van der Waals surface area contributed by atoms with E-state index in [9.17, 15) is 4.79 Å². The molecule has 0 saturated carbocycles. The van der Waals surface area contributed by atoms with Crippen molar-refractivity contribution in [2.75, 3.05) is 20.8 Å². The van der Waals surface area contributed by atoms with Crippen molar-refractivity contribution in [2.24, 2.45) is 0 Å². The van der Waals surface area contributed by atoms with Crippen LogP contribution in [0.1, 0.15) is 19.3 Å². The Morgan fingerprint density at radius 3 is 3.00 bits per heavy atom. The van der Waals surface area contributed by atoms with E-state index in [1.54, 1.807) is 7.11 Å². The number of fused-ring (bicyclic) bond motifs is 2. The van der Waals surface area contributed by atoms with Crippen LogP contribution in [0.2, 0.25) is 0 Å². The van der Waals surface area contributed by atoms with Crippen molar-refractivity contribution >= 4 is 5.97 Å². The topological polar surface area (TPSA) is 54.0 Å². The highest BCUT2D eigenvalue weighted by Crippen LogP contribution is 2.39. The van der Waals surface area contributed by atoms with Crippen LogP contribution in [0.4, 0.5) is 0 Å². The predicted molar refractivity (Wildman–Crippen MR) is 50.2 cm³/mol. The van der Waals surface area contributed by atoms with Gasteiger partial charge in [0.15, 0.2) is 5.79 Å². The van der Waals surface area contributed by atoms with Crippen molar-refractivity contribution in [2.45, 2.75) is 37.3 Å². The summed E-state index contributed by atoms with van der Waals surface area (Å²) < 4.78 is 21.2. The second-order valence-corrected chi connectivity index (χ2v) is 4.01. The van der Waals surface area contributed by atoms with Crippen molar-refractivity contribution < 1.29 is 23.7 Å². The van der Waals surface area contributed by atoms with E-state index in [2.05, 4.69) is 4.74 Å². The number of rotatable bonds is 3. The number of hydrogen-bond acceptors (Lipinski definition) is 5. The minimum absolute atomic E-state index is 0.0494. The summed E-state index contributed by atoms with van der Waals surface area (Å²) in [4.78, 5) is 11.2. The number of esters is 1. The van der Waals surface area contributed by atoms with Crippen LogP contribution in [-0.4, -0.2) is 44.8 Å². The van der Waals surface area contributed by atoms with Crippen molar-refractivity contribution in [3.8, 4) is 0 Å². The highest BCUT2D eigenvalue weighted by atomic mass is 16.7. The Morgan fingerprint density at radius 2 is 2.33 bits per heavy atom. The summed E-state index contributed by atoms with van der Waals surface area (Å²) in [6, 6.07) is 0. The normalized spacial score (nSPS) is 39.1. The van der Waals surface area contributed by atoms with Crippen molar-refractivity contribution in [1.29, 1.82) is 0 Å². The fraction of sp³-hybridized carbons (Fsp3) is 0.900. The quantitative estimate of drug-likeness (QED) is 0.642. The smallest absolute Gasteiger partial charge is 0.310 e. The van der Waals surface area contributed by atoms with E-state index in [0.717, 1.165) is 6.42 Å². The lowest BCUT2D eigenvalue weighted by molar-refractivity contribution is -0.220. The first-order chi connectivity index (χ1) is 7.17. The van der Waals surface area contributed by atoms with Gasteiger partial charge in [0.05, 0.1) is 32.3 Å². The molecule has 15 heavy (non-hydrogen) atoms. The van der Waals surface area contributed by atoms with E-state index >= 15 is 0 Å². The molecular formula is C10H16O5. The maximum atomic E-state index is 11.2. The Balaban J connectivity index is 2.03. The van der Waals surface area contributed by atoms with Crippen molar-refractivity contribution in [3.05, 3.63) is 0 Å². The number of ether oxygens (including phenoxy) is 4. The molecule has 5 heteroatoms. The Labute approximate surface area is 88.6 Å². The summed E-state index contributed by atoms with van der Waals surface area (Å²) in [5.74, 6) is -1.12. The molecule has 0 unspecified atom stereocenters. The SMILES string of the molecule is COC(=O)C[C@@]12C[C@@H](OC)C[C@@H](CO1)O2. The zero-order valence-electron chi connectivity index (χ0n) is 9.02. The van der Waals surface area contributed by atoms with E-state index in [0.29, 0.717) is 13.0 Å². The van der Waals surface area contributed by atoms with Crippen LogP contribution < -0.4 is 0 Å². The Hall–Kier alpha value is -0.650. The van der Waals surface area contributed by atoms with Gasteiger partial charge in [-0.15, -0.1) is 0 Å². The Bertz CT molecular complexity index is 254. The molecular weight excluding hydrogens is 200 g/mol. The fourth-order valence-electron chi connectivity index (χ4n) is 2.20. The number of carbonyl (C=O) groups excluding carboxylic acids is 1. The molecule has 2 saturated heterocycles. The van der Waals surface area contributed by atoms with Gasteiger partial charge in [-0.05, 0) is 0 Å². The highest BCUT2D eigenvalue weighted by Gasteiger charge is 2.49. The molecule has 2 aliphatic rings. The van der Waals surface area contributed by atoms with Gasteiger partial charge in [0.2, 0.25) is 0 Å². The van der Waals surface area contributed by atoms with Crippen LogP contribution >= 0.6 is 0 Å². The third-order valence-corrected chi connectivity index (χ3v) is 2.95. The zero-order valence-corrected chi connectivity index (χ0v) is 9.02. The first-order valence-electron chi connectivity index (χ1n) is 5.09. The van der Waals surface area contributed by atoms with Crippen LogP contribution in [0, 0.1) is 0 Å². The van der Waals surface area contributed by atoms with E-state index < -0.39 is 5.79 Å². The summed E-state index contributed by atoms with van der Waals surface area (Å²) in [6.45, 7) is 0.539. The molecule has 0 aromatic heterocycles. The molecule has 2 heterocycles. The van der Waals surface area contributed by atoms with E-state index in [-0.39, 0.29) is 24.6 Å². The molecule has 0 radical (unpaired) electrons. The van der Waals surface area contributed by atoms with Gasteiger partial charge in [-0.3, -0.25) is 4.79 Å². The molecule has 0 aromatic rings. The molecule has 2 bridgehead atoms. The lowest BCUT2D eigenvalue weighted by Gasteiger charge is -2.34. The molecule has 3 atom stereocenters. The van der Waals surface area contributed by atoms with Gasteiger partial charge >= 0.3 is 5.97 Å². The molecule has 0 amide bonds. The van der Waals surface area contributed by atoms with E-state index in [4.69, 9.17) is 14.2 Å². The second kappa shape index (κ2) is 4.08. The molecule has 2 rings (SSSR count). The van der Waals surface area contributed by atoms with E-state index in [1.165, 1.54) is 7.11 Å². The summed E-state index contributed by atoms with van der Waals surface area (Å²) in [5.41, 5.74) is 0. The lowest BCUT2D eigenvalue weighted by atomic mass is 9.98. The average Bonchev–Trinajstić information content (AvgIpc) is 2.53. The molecule has 2 aliphatic heterocycles. The van der Waals surface area contributed by atoms with Gasteiger partial charge in [-0.25, -0.2) is 0 Å². The summed E-state index contributed by atoms with van der Waals surface area (Å²) in [7, 11) is 3.03. The minimum atomic E-state index is -0.809. The van der Waals surface area contributed by atoms with Gasteiger partial charge in [0, 0.05) is 20.0 Å². The number of carbonyl (C=O) groups is 1. The standard InChI is InChI=1S/C10H16O5/c1-12-7-3-8-6-14-10(4-7,15-8)5-9(11)13-2/h7-8H,3-6H2,1-2H3/t7-,8-,10-/m0/s1. The van der Waals surface area contributed by atoms with Gasteiger partial charge in [0.25, 0.3) is 0 Å². The summed E-state index contributed by atoms with van der Waals surface area (Å²) in [5, 5.41) is 0. The molecule has 86 valence electrons. The molecule has 0 N–H and O–H groups in total. The third-order valence-electron chi connectivity index (χ3n) is 2.95. The monoisotopic (exact) mass is 216 g/mol. The molecule has 0 spiro atoms. The molecule has 0 aliphatic carbocycles. The van der Waals surface area contributed by atoms with Gasteiger partial charge in [-0.1, -0.05) is 0 Å². The van der Waals surface area contributed by atoms with Crippen LogP contribution in [-0.2, 0) is 23.7 Å². The van der Waals surface area contributed by atoms with Gasteiger partial charge < -0.3 is 18.9 Å². The minimum Gasteiger partial charge on any atom is -0.469 e. The Kier molecular flexibility index (Phi) is 2.95. The first-order valence-corrected chi connectivity index (χ1v) is 5.09. The van der Waals surface area contributed by atoms with E-state index in [1.807, 2.05) is 0 Å².